The number of carbonyl (C=O) groups is 1. The van der Waals surface area contributed by atoms with E-state index in [1.807, 2.05) is 5.38 Å². The molecule has 0 aliphatic heterocycles. The van der Waals surface area contributed by atoms with E-state index < -0.39 is 25.2 Å². The van der Waals surface area contributed by atoms with Gasteiger partial charge in [0.1, 0.15) is 13.1 Å². The normalized spacial score (nSPS) is 11.5. The van der Waals surface area contributed by atoms with Crippen molar-refractivity contribution < 1.29 is 18.0 Å². The van der Waals surface area contributed by atoms with E-state index in [-0.39, 0.29) is 0 Å². The van der Waals surface area contributed by atoms with E-state index in [0.717, 1.165) is 10.4 Å². The molecule has 0 atom stereocenters. The Labute approximate surface area is 109 Å². The van der Waals surface area contributed by atoms with Gasteiger partial charge in [-0.15, -0.1) is 10.2 Å². The molecule has 0 bridgehead atoms. The predicted octanol–water partition coefficient (Wildman–Crippen LogP) is 1.08. The van der Waals surface area contributed by atoms with Crippen molar-refractivity contribution in [1.29, 1.82) is 0 Å². The standard InChI is InChI=1S/C9H8F3N5OS/c10-9(11,12)5-13-7(18)3-17-15-8(14-16-17)6-1-2-19-4-6/h1-2,4H,3,5H2,(H,13,18). The fraction of sp³-hybridized carbons (Fsp3) is 0.333. The van der Waals surface area contributed by atoms with Crippen LogP contribution in [-0.4, -0.2) is 38.8 Å². The van der Waals surface area contributed by atoms with E-state index in [1.54, 1.807) is 16.8 Å². The molecule has 0 radical (unpaired) electrons. The van der Waals surface area contributed by atoms with Crippen molar-refractivity contribution in [2.45, 2.75) is 12.7 Å². The first-order chi connectivity index (χ1) is 8.94. The second-order valence-corrected chi connectivity index (χ2v) is 4.33. The molecule has 1 N–H and O–H groups in total. The SMILES string of the molecule is O=C(Cn1nnc(-c2ccsc2)n1)NCC(F)(F)F. The molecule has 0 fully saturated rings. The highest BCUT2D eigenvalue weighted by atomic mass is 32.1. The van der Waals surface area contributed by atoms with Crippen LogP contribution in [0.15, 0.2) is 16.8 Å². The summed E-state index contributed by atoms with van der Waals surface area (Å²) in [4.78, 5) is 12.2. The topological polar surface area (TPSA) is 72.7 Å². The minimum absolute atomic E-state index is 0.324. The summed E-state index contributed by atoms with van der Waals surface area (Å²) >= 11 is 1.45. The van der Waals surface area contributed by atoms with E-state index in [1.165, 1.54) is 11.3 Å². The molecule has 6 nitrogen and oxygen atoms in total. The van der Waals surface area contributed by atoms with Crippen LogP contribution in [0, 0.1) is 0 Å². The molecule has 10 heteroatoms. The molecule has 0 aliphatic carbocycles. The van der Waals surface area contributed by atoms with E-state index in [2.05, 4.69) is 15.4 Å². The van der Waals surface area contributed by atoms with Gasteiger partial charge in [-0.1, -0.05) is 0 Å². The average molecular weight is 291 g/mol. The molecule has 19 heavy (non-hydrogen) atoms. The van der Waals surface area contributed by atoms with Crippen LogP contribution in [0.3, 0.4) is 0 Å². The second-order valence-electron chi connectivity index (χ2n) is 3.55. The van der Waals surface area contributed by atoms with Crippen LogP contribution in [0.2, 0.25) is 0 Å². The van der Waals surface area contributed by atoms with Gasteiger partial charge in [0.25, 0.3) is 0 Å². The molecule has 1 amide bonds. The zero-order chi connectivity index (χ0) is 13.9. The lowest BCUT2D eigenvalue weighted by Crippen LogP contribution is -2.36. The maximum Gasteiger partial charge on any atom is 0.405 e. The highest BCUT2D eigenvalue weighted by Gasteiger charge is 2.27. The van der Waals surface area contributed by atoms with Crippen molar-refractivity contribution in [3.8, 4) is 11.4 Å². The van der Waals surface area contributed by atoms with E-state index in [9.17, 15) is 18.0 Å². The Bertz CT molecular complexity index is 550. The third-order valence-corrected chi connectivity index (χ3v) is 2.69. The predicted molar refractivity (Wildman–Crippen MR) is 60.2 cm³/mol. The summed E-state index contributed by atoms with van der Waals surface area (Å²) < 4.78 is 35.6. The van der Waals surface area contributed by atoms with Crippen molar-refractivity contribution in [1.82, 2.24) is 25.5 Å². The first-order valence-electron chi connectivity index (χ1n) is 5.08. The Balaban J connectivity index is 1.91. The van der Waals surface area contributed by atoms with Crippen molar-refractivity contribution in [3.63, 3.8) is 0 Å². The molecule has 2 aromatic heterocycles. The summed E-state index contributed by atoms with van der Waals surface area (Å²) in [5.74, 6) is -0.503. The molecular formula is C9H8F3N5OS. The van der Waals surface area contributed by atoms with Gasteiger partial charge in [0.2, 0.25) is 11.7 Å². The van der Waals surface area contributed by atoms with Gasteiger partial charge in [0.05, 0.1) is 0 Å². The van der Waals surface area contributed by atoms with Gasteiger partial charge in [0.15, 0.2) is 0 Å². The zero-order valence-corrected chi connectivity index (χ0v) is 10.2. The summed E-state index contributed by atoms with van der Waals surface area (Å²) in [7, 11) is 0. The van der Waals surface area contributed by atoms with Crippen molar-refractivity contribution in [3.05, 3.63) is 16.8 Å². The number of alkyl halides is 3. The summed E-state index contributed by atoms with van der Waals surface area (Å²) in [6.07, 6.45) is -4.44. The highest BCUT2D eigenvalue weighted by molar-refractivity contribution is 7.08. The molecule has 0 aliphatic rings. The largest absolute Gasteiger partial charge is 0.405 e. The van der Waals surface area contributed by atoms with Gasteiger partial charge in [-0.2, -0.15) is 29.3 Å². The number of carbonyl (C=O) groups excluding carboxylic acids is 1. The number of tetrazole rings is 1. The van der Waals surface area contributed by atoms with Gasteiger partial charge < -0.3 is 5.32 Å². The van der Waals surface area contributed by atoms with Gasteiger partial charge in [-0.3, -0.25) is 4.79 Å². The average Bonchev–Trinajstić information content (AvgIpc) is 2.94. The van der Waals surface area contributed by atoms with Crippen LogP contribution in [0.1, 0.15) is 0 Å². The molecule has 2 heterocycles. The number of halogens is 3. The number of hydrogen-bond acceptors (Lipinski definition) is 5. The summed E-state index contributed by atoms with van der Waals surface area (Å²) in [6, 6.07) is 1.77. The number of amides is 1. The summed E-state index contributed by atoms with van der Waals surface area (Å²) in [5.41, 5.74) is 0.743. The van der Waals surface area contributed by atoms with Crippen LogP contribution in [0.5, 0.6) is 0 Å². The van der Waals surface area contributed by atoms with E-state index >= 15 is 0 Å². The molecular weight excluding hydrogens is 283 g/mol. The van der Waals surface area contributed by atoms with Crippen LogP contribution < -0.4 is 5.32 Å². The molecule has 0 saturated carbocycles. The lowest BCUT2D eigenvalue weighted by molar-refractivity contribution is -0.139. The van der Waals surface area contributed by atoms with Crippen LogP contribution in [0.4, 0.5) is 13.2 Å². The Morgan fingerprint density at radius 2 is 2.26 bits per heavy atom. The maximum absolute atomic E-state index is 11.9. The van der Waals surface area contributed by atoms with Crippen molar-refractivity contribution in [2.24, 2.45) is 0 Å². The Hall–Kier alpha value is -1.97. The third-order valence-electron chi connectivity index (χ3n) is 2.00. The minimum Gasteiger partial charge on any atom is -0.345 e. The number of thiophene rings is 1. The first kappa shape index (κ1) is 13.5. The van der Waals surface area contributed by atoms with Crippen molar-refractivity contribution >= 4 is 17.2 Å². The van der Waals surface area contributed by atoms with Crippen LogP contribution in [0.25, 0.3) is 11.4 Å². The lowest BCUT2D eigenvalue weighted by atomic mass is 10.3. The Morgan fingerprint density at radius 3 is 2.89 bits per heavy atom. The molecule has 0 aromatic carbocycles. The molecule has 0 unspecified atom stereocenters. The number of hydrogen-bond donors (Lipinski definition) is 1. The molecule has 0 spiro atoms. The van der Waals surface area contributed by atoms with Gasteiger partial charge in [0, 0.05) is 10.9 Å². The number of aromatic nitrogens is 4. The zero-order valence-electron chi connectivity index (χ0n) is 9.39. The Morgan fingerprint density at radius 1 is 1.47 bits per heavy atom. The highest BCUT2D eigenvalue weighted by Crippen LogP contribution is 2.16. The van der Waals surface area contributed by atoms with Gasteiger partial charge >= 0.3 is 6.18 Å². The monoisotopic (exact) mass is 291 g/mol. The molecule has 2 rings (SSSR count). The summed E-state index contributed by atoms with van der Waals surface area (Å²) in [6.45, 7) is -1.79. The molecule has 0 saturated heterocycles. The number of nitrogens with zero attached hydrogens (tertiary/aromatic N) is 4. The lowest BCUT2D eigenvalue weighted by Gasteiger charge is -2.07. The number of rotatable bonds is 4. The molecule has 2 aromatic rings. The third kappa shape index (κ3) is 4.02. The van der Waals surface area contributed by atoms with Crippen LogP contribution in [-0.2, 0) is 11.3 Å². The Kier molecular flexibility index (Phi) is 3.79. The van der Waals surface area contributed by atoms with Gasteiger partial charge in [-0.25, -0.2) is 0 Å². The van der Waals surface area contributed by atoms with Crippen LogP contribution >= 0.6 is 11.3 Å². The fourth-order valence-corrected chi connectivity index (χ4v) is 1.83. The smallest absolute Gasteiger partial charge is 0.345 e. The first-order valence-corrected chi connectivity index (χ1v) is 6.02. The fourth-order valence-electron chi connectivity index (χ4n) is 1.20. The minimum atomic E-state index is -4.44. The van der Waals surface area contributed by atoms with E-state index in [4.69, 9.17) is 0 Å². The molecule has 102 valence electrons. The van der Waals surface area contributed by atoms with Crippen molar-refractivity contribution in [2.75, 3.05) is 6.54 Å². The maximum atomic E-state index is 11.9. The number of nitrogens with one attached hydrogen (secondary N) is 1. The van der Waals surface area contributed by atoms with E-state index in [0.29, 0.717) is 5.82 Å². The summed E-state index contributed by atoms with van der Waals surface area (Å²) in [5, 5.41) is 16.5. The second kappa shape index (κ2) is 5.34. The van der Waals surface area contributed by atoms with Gasteiger partial charge in [-0.05, 0) is 16.7 Å². The quantitative estimate of drug-likeness (QED) is 0.915.